The number of nitriles is 1. The Kier molecular flexibility index (Phi) is 3.04. The van der Waals surface area contributed by atoms with Gasteiger partial charge < -0.3 is 0 Å². The molecule has 12 heavy (non-hydrogen) atoms. The molecule has 1 aromatic carbocycles. The predicted molar refractivity (Wildman–Crippen MR) is 46.7 cm³/mol. The van der Waals surface area contributed by atoms with Crippen LogP contribution in [0.15, 0.2) is 24.3 Å². The third-order valence-corrected chi connectivity index (χ3v) is 2.33. The molecule has 0 fully saturated rings. The van der Waals surface area contributed by atoms with Crippen molar-refractivity contribution in [2.24, 2.45) is 0 Å². The van der Waals surface area contributed by atoms with Gasteiger partial charge in [0.1, 0.15) is 0 Å². The molecule has 0 aliphatic heterocycles. The van der Waals surface area contributed by atoms with Crippen molar-refractivity contribution in [3.05, 3.63) is 35.4 Å². The standard InChI is InChI=1S/C9H6NOSe/c10-5-9(12)8-3-1-7(6-11)2-4-8/h1-4,9,12H. The second-order valence-electron chi connectivity index (χ2n) is 2.26. The monoisotopic (exact) mass is 224 g/mol. The molecule has 0 saturated carbocycles. The zero-order valence-corrected chi connectivity index (χ0v) is 8.07. The van der Waals surface area contributed by atoms with Crippen LogP contribution < -0.4 is 0 Å². The molecule has 1 unspecified atom stereocenters. The molecule has 1 aromatic rings. The van der Waals surface area contributed by atoms with Crippen molar-refractivity contribution in [3.63, 3.8) is 0 Å². The Morgan fingerprint density at radius 2 is 1.92 bits per heavy atom. The fourth-order valence-electron chi connectivity index (χ4n) is 0.808. The first-order chi connectivity index (χ1) is 5.77. The Balaban J connectivity index is 2.93. The number of carbonyl (C=O) groups excluding carboxylic acids is 1. The van der Waals surface area contributed by atoms with E-state index in [4.69, 9.17) is 5.26 Å². The Hall–Kier alpha value is -1.10. The van der Waals surface area contributed by atoms with Crippen LogP contribution in [0.25, 0.3) is 0 Å². The molecule has 0 saturated heterocycles. The van der Waals surface area contributed by atoms with Gasteiger partial charge in [0.25, 0.3) is 0 Å². The molecule has 1 rings (SSSR count). The van der Waals surface area contributed by atoms with Crippen LogP contribution in [0, 0.1) is 11.3 Å². The molecule has 0 spiro atoms. The molecule has 0 aromatic heterocycles. The van der Waals surface area contributed by atoms with Gasteiger partial charge in [0, 0.05) is 0 Å². The minimum absolute atomic E-state index is 0.182. The van der Waals surface area contributed by atoms with Gasteiger partial charge in [-0.3, -0.25) is 0 Å². The molecule has 0 aliphatic carbocycles. The van der Waals surface area contributed by atoms with E-state index in [1.807, 2.05) is 0 Å². The molecule has 1 radical (unpaired) electrons. The van der Waals surface area contributed by atoms with Crippen LogP contribution in [0.1, 0.15) is 15.9 Å². The zero-order valence-electron chi connectivity index (χ0n) is 6.19. The van der Waals surface area contributed by atoms with Crippen LogP contribution in [0.2, 0.25) is 0 Å². The molecule has 1 atom stereocenters. The number of hydrogen-bond acceptors (Lipinski definition) is 2. The van der Waals surface area contributed by atoms with E-state index in [0.717, 1.165) is 5.56 Å². The van der Waals surface area contributed by atoms with Gasteiger partial charge in [-0.1, -0.05) is 0 Å². The second kappa shape index (κ2) is 4.06. The summed E-state index contributed by atoms with van der Waals surface area (Å²) in [6, 6.07) is 8.91. The molecule has 0 aliphatic rings. The Bertz CT molecular complexity index is 312. The van der Waals surface area contributed by atoms with Crippen LogP contribution in [0.4, 0.5) is 0 Å². The summed E-state index contributed by atoms with van der Waals surface area (Å²) >= 11 is 2.27. The molecule has 0 bridgehead atoms. The van der Waals surface area contributed by atoms with E-state index in [0.29, 0.717) is 5.56 Å². The first kappa shape index (κ1) is 8.99. The van der Waals surface area contributed by atoms with E-state index in [1.165, 1.54) is 0 Å². The van der Waals surface area contributed by atoms with Gasteiger partial charge in [0.15, 0.2) is 0 Å². The van der Waals surface area contributed by atoms with Gasteiger partial charge in [-0.15, -0.1) is 0 Å². The van der Waals surface area contributed by atoms with Crippen LogP contribution in [0.5, 0.6) is 0 Å². The number of rotatable bonds is 2. The van der Waals surface area contributed by atoms with Crippen LogP contribution in [0.3, 0.4) is 0 Å². The summed E-state index contributed by atoms with van der Waals surface area (Å²) < 4.78 is 0. The van der Waals surface area contributed by atoms with Crippen LogP contribution in [-0.4, -0.2) is 22.3 Å². The minimum atomic E-state index is -0.182. The molecule has 59 valence electrons. The van der Waals surface area contributed by atoms with E-state index >= 15 is 0 Å². The fraction of sp³-hybridized carbons (Fsp3) is 0.111. The number of hydrogen-bond donors (Lipinski definition) is 0. The summed E-state index contributed by atoms with van der Waals surface area (Å²) in [6.45, 7) is 0. The topological polar surface area (TPSA) is 40.9 Å². The molecule has 2 nitrogen and oxygen atoms in total. The maximum absolute atomic E-state index is 10.2. The van der Waals surface area contributed by atoms with E-state index in [9.17, 15) is 4.79 Å². The van der Waals surface area contributed by atoms with Crippen molar-refractivity contribution in [3.8, 4) is 6.07 Å². The summed E-state index contributed by atoms with van der Waals surface area (Å²) in [5.41, 5.74) is 1.41. The first-order valence-electron chi connectivity index (χ1n) is 3.33. The zero-order chi connectivity index (χ0) is 8.97. The van der Waals surface area contributed by atoms with Crippen molar-refractivity contribution < 1.29 is 4.79 Å². The summed E-state index contributed by atoms with van der Waals surface area (Å²) in [4.78, 5) is 9.98. The predicted octanol–water partition coefficient (Wildman–Crippen LogP) is 0.610. The van der Waals surface area contributed by atoms with Gasteiger partial charge in [-0.2, -0.15) is 0 Å². The Morgan fingerprint density at radius 1 is 1.33 bits per heavy atom. The molecular weight excluding hydrogens is 217 g/mol. The van der Waals surface area contributed by atoms with Gasteiger partial charge in [0.05, 0.1) is 0 Å². The first-order valence-corrected chi connectivity index (χ1v) is 4.42. The summed E-state index contributed by atoms with van der Waals surface area (Å²) in [5, 5.41) is 8.57. The van der Waals surface area contributed by atoms with E-state index in [2.05, 4.69) is 22.1 Å². The van der Waals surface area contributed by atoms with Gasteiger partial charge in [-0.25, -0.2) is 0 Å². The van der Waals surface area contributed by atoms with E-state index < -0.39 is 0 Å². The van der Waals surface area contributed by atoms with Crippen LogP contribution >= 0.6 is 0 Å². The van der Waals surface area contributed by atoms with Gasteiger partial charge in [0.2, 0.25) is 0 Å². The maximum atomic E-state index is 10.2. The molecule has 0 heterocycles. The number of benzene rings is 1. The fourth-order valence-corrected chi connectivity index (χ4v) is 1.17. The molecule has 0 amide bonds. The molecule has 3 heteroatoms. The summed E-state index contributed by atoms with van der Waals surface area (Å²) in [7, 11) is 0. The van der Waals surface area contributed by atoms with Crippen LogP contribution in [-0.2, 0) is 4.79 Å². The normalized spacial score (nSPS) is 11.7. The van der Waals surface area contributed by atoms with Crippen molar-refractivity contribution in [2.45, 2.75) is 4.82 Å². The summed E-state index contributed by atoms with van der Waals surface area (Å²) in [5.74, 6) is 0. The summed E-state index contributed by atoms with van der Waals surface area (Å²) in [6.07, 6.45) is 1.77. The van der Waals surface area contributed by atoms with Crippen molar-refractivity contribution >= 4 is 22.3 Å². The SMILES string of the molecule is N#CC([SeH])c1ccc([C]=O)cc1. The van der Waals surface area contributed by atoms with E-state index in [1.54, 1.807) is 30.6 Å². The average Bonchev–Trinajstić information content (AvgIpc) is 2.17. The second-order valence-corrected chi connectivity index (χ2v) is 3.34. The van der Waals surface area contributed by atoms with E-state index in [-0.39, 0.29) is 4.82 Å². The molecular formula is C9H6NOSe. The average molecular weight is 223 g/mol. The van der Waals surface area contributed by atoms with Crippen molar-refractivity contribution in [2.75, 3.05) is 0 Å². The Labute approximate surface area is 79.0 Å². The van der Waals surface area contributed by atoms with Gasteiger partial charge >= 0.3 is 78.6 Å². The third kappa shape index (κ3) is 1.94. The molecule has 0 N–H and O–H groups in total. The number of nitrogens with zero attached hydrogens (tertiary/aromatic N) is 1. The Morgan fingerprint density at radius 3 is 2.33 bits per heavy atom. The van der Waals surface area contributed by atoms with Crippen molar-refractivity contribution in [1.82, 2.24) is 0 Å². The quantitative estimate of drug-likeness (QED) is 0.689. The van der Waals surface area contributed by atoms with Crippen molar-refractivity contribution in [1.29, 1.82) is 5.26 Å². The third-order valence-electron chi connectivity index (χ3n) is 1.47. The van der Waals surface area contributed by atoms with Gasteiger partial charge in [-0.05, 0) is 0 Å².